The summed E-state index contributed by atoms with van der Waals surface area (Å²) in [7, 11) is 1.72. The smallest absolute Gasteiger partial charge is 0.228 e. The van der Waals surface area contributed by atoms with E-state index in [4.69, 9.17) is 4.11 Å². The number of pyridine rings is 1. The van der Waals surface area contributed by atoms with E-state index in [1.54, 1.807) is 19.3 Å². The Balaban J connectivity index is 1.69. The molecule has 3 aromatic rings. The van der Waals surface area contributed by atoms with Gasteiger partial charge in [0.05, 0.1) is 17.3 Å². The van der Waals surface area contributed by atoms with Crippen LogP contribution in [0.3, 0.4) is 0 Å². The van der Waals surface area contributed by atoms with Crippen LogP contribution in [0.15, 0.2) is 24.7 Å². The third kappa shape index (κ3) is 3.44. The van der Waals surface area contributed by atoms with Crippen LogP contribution in [0.4, 0.5) is 11.6 Å². The maximum absolute atomic E-state index is 12.2. The highest BCUT2D eigenvalue weighted by atomic mass is 16.2. The van der Waals surface area contributed by atoms with Crippen molar-refractivity contribution in [3.63, 3.8) is 0 Å². The normalized spacial score (nSPS) is 20.0. The van der Waals surface area contributed by atoms with Crippen molar-refractivity contribution >= 4 is 28.4 Å². The first kappa shape index (κ1) is 13.7. The van der Waals surface area contributed by atoms with Gasteiger partial charge < -0.3 is 10.6 Å². The van der Waals surface area contributed by atoms with E-state index in [1.165, 1.54) is 12.4 Å². The minimum absolute atomic E-state index is 0.0156. The summed E-state index contributed by atoms with van der Waals surface area (Å²) >= 11 is 0. The van der Waals surface area contributed by atoms with Gasteiger partial charge in [-0.15, -0.1) is 10.2 Å². The molecular formula is C19H19N7O. The quantitative estimate of drug-likeness (QED) is 0.688. The van der Waals surface area contributed by atoms with Gasteiger partial charge in [-0.05, 0) is 18.4 Å². The number of rotatable bonds is 3. The highest BCUT2D eigenvalue weighted by Crippen LogP contribution is 2.38. The molecule has 1 saturated carbocycles. The Bertz CT molecular complexity index is 1190. The molecular weight excluding hydrogens is 342 g/mol. The summed E-state index contributed by atoms with van der Waals surface area (Å²) in [6, 6.07) is 1.71. The molecule has 0 bridgehead atoms. The highest BCUT2D eigenvalue weighted by Gasteiger charge is 2.39. The number of fused-ring (bicyclic) bond motifs is 1. The van der Waals surface area contributed by atoms with Gasteiger partial charge in [0, 0.05) is 41.8 Å². The lowest BCUT2D eigenvalue weighted by molar-refractivity contribution is -0.117. The third-order valence-corrected chi connectivity index (χ3v) is 4.49. The molecule has 0 aliphatic heterocycles. The molecule has 2 atom stereocenters. The molecule has 1 aliphatic carbocycles. The first-order chi connectivity index (χ1) is 14.3. The molecule has 3 aromatic heterocycles. The molecule has 0 aromatic carbocycles. The van der Waals surface area contributed by atoms with Crippen molar-refractivity contribution in [3.8, 4) is 11.8 Å². The number of aromatic nitrogens is 5. The molecule has 1 aliphatic rings. The Morgan fingerprint density at radius 2 is 2.22 bits per heavy atom. The molecule has 1 amide bonds. The van der Waals surface area contributed by atoms with Crippen LogP contribution in [0.5, 0.6) is 0 Å². The van der Waals surface area contributed by atoms with Gasteiger partial charge in [-0.2, -0.15) is 5.10 Å². The molecule has 0 spiro atoms. The van der Waals surface area contributed by atoms with Crippen LogP contribution >= 0.6 is 0 Å². The summed E-state index contributed by atoms with van der Waals surface area (Å²) in [4.78, 5) is 16.5. The van der Waals surface area contributed by atoms with Gasteiger partial charge in [0.1, 0.15) is 5.52 Å². The summed E-state index contributed by atoms with van der Waals surface area (Å²) in [5.74, 6) is 7.10. The minimum atomic E-state index is -2.36. The van der Waals surface area contributed by atoms with Crippen LogP contribution in [-0.4, -0.2) is 37.9 Å². The van der Waals surface area contributed by atoms with Crippen LogP contribution in [-0.2, 0) is 11.8 Å². The van der Waals surface area contributed by atoms with Crippen LogP contribution in [0.1, 0.15) is 28.6 Å². The van der Waals surface area contributed by atoms with Gasteiger partial charge in [-0.1, -0.05) is 18.8 Å². The molecule has 8 nitrogen and oxygen atoms in total. The largest absolute Gasteiger partial charge is 0.371 e. The predicted molar refractivity (Wildman–Crippen MR) is 102 cm³/mol. The molecule has 0 radical (unpaired) electrons. The van der Waals surface area contributed by atoms with E-state index >= 15 is 0 Å². The minimum Gasteiger partial charge on any atom is -0.371 e. The van der Waals surface area contributed by atoms with E-state index in [0.717, 1.165) is 11.1 Å². The number of aryl methyl sites for hydroxylation is 1. The number of hydrogen-bond acceptors (Lipinski definition) is 6. The van der Waals surface area contributed by atoms with Gasteiger partial charge in [-0.25, -0.2) is 4.98 Å². The molecule has 8 heteroatoms. The van der Waals surface area contributed by atoms with Crippen LogP contribution in [0.2, 0.25) is 0 Å². The lowest BCUT2D eigenvalue weighted by Gasteiger charge is -2.08. The average molecular weight is 364 g/mol. The van der Waals surface area contributed by atoms with Gasteiger partial charge >= 0.3 is 0 Å². The fourth-order valence-corrected chi connectivity index (χ4v) is 2.81. The molecule has 27 heavy (non-hydrogen) atoms. The van der Waals surface area contributed by atoms with E-state index in [9.17, 15) is 4.79 Å². The summed E-state index contributed by atoms with van der Waals surface area (Å²) < 4.78 is 23.0. The molecule has 0 saturated heterocycles. The fraction of sp³-hybridized carbons (Fsp3) is 0.316. The molecule has 2 N–H and O–H groups in total. The molecule has 3 heterocycles. The second-order valence-electron chi connectivity index (χ2n) is 6.49. The van der Waals surface area contributed by atoms with Crippen molar-refractivity contribution in [1.82, 2.24) is 25.0 Å². The van der Waals surface area contributed by atoms with E-state index in [2.05, 4.69) is 42.8 Å². The average Bonchev–Trinajstić information content (AvgIpc) is 3.23. The first-order valence-corrected chi connectivity index (χ1v) is 8.48. The Kier molecular flexibility index (Phi) is 3.39. The van der Waals surface area contributed by atoms with Crippen molar-refractivity contribution in [3.05, 3.63) is 35.8 Å². The van der Waals surface area contributed by atoms with E-state index in [0.29, 0.717) is 39.6 Å². The second kappa shape index (κ2) is 6.68. The number of amides is 1. The van der Waals surface area contributed by atoms with Crippen LogP contribution < -0.4 is 10.6 Å². The number of hydrogen-bond donors (Lipinski definition) is 2. The Hall–Kier alpha value is -3.47. The molecule has 1 fully saturated rings. The van der Waals surface area contributed by atoms with Crippen molar-refractivity contribution in [2.75, 3.05) is 17.7 Å². The van der Waals surface area contributed by atoms with Gasteiger partial charge in [0.25, 0.3) is 0 Å². The molecule has 4 rings (SSSR count). The molecule has 136 valence electrons. The van der Waals surface area contributed by atoms with Crippen molar-refractivity contribution in [2.45, 2.75) is 13.3 Å². The predicted octanol–water partition coefficient (Wildman–Crippen LogP) is 1.79. The van der Waals surface area contributed by atoms with Crippen molar-refractivity contribution in [2.24, 2.45) is 18.8 Å². The van der Waals surface area contributed by atoms with Crippen molar-refractivity contribution in [1.29, 1.82) is 0 Å². The van der Waals surface area contributed by atoms with E-state index < -0.39 is 6.98 Å². The number of nitrogens with one attached hydrogen (secondary N) is 2. The zero-order chi connectivity index (χ0) is 21.5. The lowest BCUT2D eigenvalue weighted by atomic mass is 10.1. The Morgan fingerprint density at radius 1 is 1.37 bits per heavy atom. The maximum atomic E-state index is 12.2. The van der Waals surface area contributed by atoms with Gasteiger partial charge in [-0.3, -0.25) is 9.48 Å². The topological polar surface area (TPSA) is 97.6 Å². The zero-order valence-electron chi connectivity index (χ0n) is 17.8. The highest BCUT2D eigenvalue weighted by molar-refractivity contribution is 5.97. The van der Waals surface area contributed by atoms with Gasteiger partial charge in [0.15, 0.2) is 11.6 Å². The summed E-state index contributed by atoms with van der Waals surface area (Å²) in [6.07, 6.45) is 5.21. The Morgan fingerprint density at radius 3 is 2.93 bits per heavy atom. The van der Waals surface area contributed by atoms with Crippen molar-refractivity contribution < 1.29 is 8.91 Å². The summed E-state index contributed by atoms with van der Waals surface area (Å²) in [5.41, 5.74) is 1.53. The lowest BCUT2D eigenvalue weighted by Crippen LogP contribution is -2.16. The molecule has 0 unspecified atom stereocenters. The number of anilines is 2. The third-order valence-electron chi connectivity index (χ3n) is 4.49. The summed E-state index contributed by atoms with van der Waals surface area (Å²) in [5, 5.41) is 18.6. The maximum Gasteiger partial charge on any atom is 0.228 e. The number of carbonyl (C=O) groups excluding carboxylic acids is 1. The van der Waals surface area contributed by atoms with E-state index in [1.807, 2.05) is 6.92 Å². The van der Waals surface area contributed by atoms with Crippen LogP contribution in [0, 0.1) is 23.7 Å². The van der Waals surface area contributed by atoms with E-state index in [-0.39, 0.29) is 11.8 Å². The fourth-order valence-electron chi connectivity index (χ4n) is 2.81. The number of carbonyl (C=O) groups is 1. The summed E-state index contributed by atoms with van der Waals surface area (Å²) in [6.45, 7) is -0.326. The SMILES string of the molecule is [2H]C([2H])([2H])n1cc(C#Cc2cnc(NC)c3nnc(NC(=O)[C@H]4C[C@H]4C)cc23)cn1. The number of nitrogens with zero attached hydrogens (tertiary/aromatic N) is 5. The van der Waals surface area contributed by atoms with Crippen LogP contribution in [0.25, 0.3) is 10.9 Å². The monoisotopic (exact) mass is 364 g/mol. The first-order valence-electron chi connectivity index (χ1n) is 9.98. The van der Waals surface area contributed by atoms with Gasteiger partial charge in [0.2, 0.25) is 5.91 Å². The second-order valence-corrected chi connectivity index (χ2v) is 6.49. The zero-order valence-corrected chi connectivity index (χ0v) is 14.8. The standard InChI is InChI=1S/C19H19N7O/c1-11-6-14(11)19(27)23-16-7-15-13(5-4-12-8-22-26(3)10-12)9-21-18(20-2)17(15)25-24-16/h7-11,14H,6H2,1-3H3,(H,20,21)(H,23,24,27)/t11-,14+/m1/s1/i3D3. The Labute approximate surface area is 160 Å².